The molecule has 0 saturated carbocycles. The highest BCUT2D eigenvalue weighted by molar-refractivity contribution is 6.30. The Bertz CT molecular complexity index is 1580. The molecule has 0 aliphatic carbocycles. The summed E-state index contributed by atoms with van der Waals surface area (Å²) in [6.45, 7) is 3.15. The van der Waals surface area contributed by atoms with Crippen molar-refractivity contribution in [2.75, 3.05) is 19.7 Å². The van der Waals surface area contributed by atoms with Crippen LogP contribution in [0.3, 0.4) is 0 Å². The first-order chi connectivity index (χ1) is 19.3. The van der Waals surface area contributed by atoms with Gasteiger partial charge in [-0.3, -0.25) is 9.88 Å². The monoisotopic (exact) mass is 568 g/mol. The summed E-state index contributed by atoms with van der Waals surface area (Å²) in [6.07, 6.45) is 1.73. The van der Waals surface area contributed by atoms with Crippen molar-refractivity contribution in [1.29, 1.82) is 0 Å². The Morgan fingerprint density at radius 3 is 2.70 bits per heavy atom. The van der Waals surface area contributed by atoms with Crippen LogP contribution in [-0.4, -0.2) is 56.3 Å². The molecule has 4 aromatic rings. The van der Waals surface area contributed by atoms with Crippen molar-refractivity contribution in [3.05, 3.63) is 88.0 Å². The molecule has 0 spiro atoms. The largest absolute Gasteiger partial charge is 0.484 e. The third kappa shape index (κ3) is 5.52. The van der Waals surface area contributed by atoms with Crippen LogP contribution < -0.4 is 4.74 Å². The molecule has 2 aromatic heterocycles. The molecule has 2 atom stereocenters. The first-order valence-corrected chi connectivity index (χ1v) is 13.5. The molecule has 2 unspecified atom stereocenters. The minimum atomic E-state index is -0.987. The maximum atomic E-state index is 14.9. The van der Waals surface area contributed by atoms with E-state index in [1.54, 1.807) is 18.2 Å². The van der Waals surface area contributed by atoms with E-state index in [2.05, 4.69) is 9.88 Å². The first-order valence-electron chi connectivity index (χ1n) is 13.1. The van der Waals surface area contributed by atoms with Crippen LogP contribution in [-0.2, 0) is 24.4 Å². The number of fused-ring (bicyclic) bond motifs is 1. The number of carboxylic acid groups (broad SMARTS) is 1. The van der Waals surface area contributed by atoms with Gasteiger partial charge in [-0.15, -0.1) is 0 Å². The Labute approximate surface area is 234 Å². The van der Waals surface area contributed by atoms with Crippen LogP contribution in [0.15, 0.2) is 48.5 Å². The van der Waals surface area contributed by atoms with Gasteiger partial charge in [0, 0.05) is 24.1 Å². The number of carbonyl (C=O) groups is 1. The molecule has 2 aliphatic rings. The number of rotatable bonds is 9. The number of benzene rings is 2. The molecule has 4 heterocycles. The number of aromatic nitrogens is 3. The summed E-state index contributed by atoms with van der Waals surface area (Å²) in [4.78, 5) is 23.1. The zero-order valence-electron chi connectivity index (χ0n) is 21.5. The Morgan fingerprint density at radius 1 is 1.10 bits per heavy atom. The van der Waals surface area contributed by atoms with Gasteiger partial charge in [-0.1, -0.05) is 11.6 Å². The topological polar surface area (TPSA) is 89.7 Å². The van der Waals surface area contributed by atoms with Gasteiger partial charge in [0.25, 0.3) is 0 Å². The Balaban J connectivity index is 1.17. The lowest BCUT2D eigenvalue weighted by Gasteiger charge is -2.28. The lowest BCUT2D eigenvalue weighted by atomic mass is 10.0. The Morgan fingerprint density at radius 2 is 1.95 bits per heavy atom. The normalized spacial score (nSPS) is 19.2. The Hall–Kier alpha value is -3.60. The molecule has 2 saturated heterocycles. The molecule has 1 N–H and O–H groups in total. The van der Waals surface area contributed by atoms with Gasteiger partial charge in [0.1, 0.15) is 18.2 Å². The van der Waals surface area contributed by atoms with Crippen LogP contribution in [0.2, 0.25) is 5.02 Å². The number of nitrogens with zero attached hydrogens (tertiary/aromatic N) is 4. The average molecular weight is 569 g/mol. The van der Waals surface area contributed by atoms with Crippen molar-refractivity contribution >= 4 is 28.6 Å². The molecule has 11 heteroatoms. The maximum absolute atomic E-state index is 14.9. The van der Waals surface area contributed by atoms with Crippen molar-refractivity contribution in [1.82, 2.24) is 19.4 Å². The SMILES string of the molecule is O=C(O)c1ccc2nc(CN3CCC(c4nc(COc5ccc(Cl)cc5F)ccc4F)C3)n(CC3CCO3)c2c1. The third-order valence-corrected chi connectivity index (χ3v) is 7.71. The highest BCUT2D eigenvalue weighted by atomic mass is 35.5. The average Bonchev–Trinajstić information content (AvgIpc) is 3.50. The van der Waals surface area contributed by atoms with E-state index in [-0.39, 0.29) is 40.8 Å². The number of aromatic carboxylic acids is 1. The van der Waals surface area contributed by atoms with Gasteiger partial charge in [0.2, 0.25) is 0 Å². The molecule has 0 amide bonds. The van der Waals surface area contributed by atoms with Crippen molar-refractivity contribution in [2.24, 2.45) is 0 Å². The van der Waals surface area contributed by atoms with Gasteiger partial charge >= 0.3 is 5.97 Å². The number of halogens is 3. The zero-order valence-corrected chi connectivity index (χ0v) is 22.3. The molecule has 2 aromatic carbocycles. The second-order valence-corrected chi connectivity index (χ2v) is 10.6. The third-order valence-electron chi connectivity index (χ3n) is 7.48. The summed E-state index contributed by atoms with van der Waals surface area (Å²) in [5.41, 5.74) is 2.56. The number of ether oxygens (including phenoxy) is 2. The van der Waals surface area contributed by atoms with Crippen molar-refractivity contribution in [2.45, 2.75) is 44.6 Å². The Kier molecular flexibility index (Phi) is 7.39. The van der Waals surface area contributed by atoms with Crippen LogP contribution in [0.4, 0.5) is 8.78 Å². The lowest BCUT2D eigenvalue weighted by molar-refractivity contribution is -0.0591. The molecule has 0 bridgehead atoms. The molecule has 8 nitrogen and oxygen atoms in total. The molecule has 208 valence electrons. The molecular weight excluding hydrogens is 542 g/mol. The molecule has 0 radical (unpaired) electrons. The van der Waals surface area contributed by atoms with Gasteiger partial charge in [-0.25, -0.2) is 18.6 Å². The molecule has 2 aliphatic heterocycles. The quantitative estimate of drug-likeness (QED) is 0.288. The van der Waals surface area contributed by atoms with Crippen LogP contribution in [0.25, 0.3) is 11.0 Å². The highest BCUT2D eigenvalue weighted by Crippen LogP contribution is 2.31. The van der Waals surface area contributed by atoms with Crippen LogP contribution in [0.1, 0.15) is 46.3 Å². The fourth-order valence-electron chi connectivity index (χ4n) is 5.27. The number of likely N-dealkylation sites (tertiary alicyclic amines) is 1. The van der Waals surface area contributed by atoms with E-state index in [1.807, 2.05) is 4.57 Å². The molecule has 40 heavy (non-hydrogen) atoms. The van der Waals surface area contributed by atoms with Gasteiger partial charge in [0.05, 0.1) is 47.2 Å². The van der Waals surface area contributed by atoms with Gasteiger partial charge < -0.3 is 19.1 Å². The van der Waals surface area contributed by atoms with Crippen LogP contribution in [0, 0.1) is 11.6 Å². The van der Waals surface area contributed by atoms with E-state index >= 15 is 0 Å². The standard InChI is InChI=1S/C29H27ClF2N4O4/c30-19-2-6-26(23(32)12-19)40-16-20-3-4-22(31)28(33-20)18-7-9-35(13-18)15-27-34-24-5-1-17(29(37)38)11-25(24)36(27)14-21-8-10-39-21/h1-6,11-12,18,21H,7-10,13-16H2,(H,37,38). The predicted molar refractivity (Wildman–Crippen MR) is 144 cm³/mol. The molecule has 6 rings (SSSR count). The highest BCUT2D eigenvalue weighted by Gasteiger charge is 2.30. The number of pyridine rings is 1. The lowest BCUT2D eigenvalue weighted by Crippen LogP contribution is -2.32. The zero-order chi connectivity index (χ0) is 27.8. The van der Waals surface area contributed by atoms with Gasteiger partial charge in [-0.2, -0.15) is 0 Å². The molecule has 2 fully saturated rings. The van der Waals surface area contributed by atoms with Crippen LogP contribution in [0.5, 0.6) is 5.75 Å². The first kappa shape index (κ1) is 26.6. The van der Waals surface area contributed by atoms with Crippen LogP contribution >= 0.6 is 11.6 Å². The summed E-state index contributed by atoms with van der Waals surface area (Å²) < 4.78 is 42.2. The van der Waals surface area contributed by atoms with E-state index in [0.29, 0.717) is 31.0 Å². The maximum Gasteiger partial charge on any atom is 0.335 e. The van der Waals surface area contributed by atoms with E-state index in [9.17, 15) is 18.7 Å². The number of hydrogen-bond acceptors (Lipinski definition) is 6. The summed E-state index contributed by atoms with van der Waals surface area (Å²) >= 11 is 5.80. The second-order valence-electron chi connectivity index (χ2n) is 10.2. The van der Waals surface area contributed by atoms with Crippen molar-refractivity contribution in [3.63, 3.8) is 0 Å². The summed E-state index contributed by atoms with van der Waals surface area (Å²) in [5.74, 6) is -1.21. The predicted octanol–water partition coefficient (Wildman–Crippen LogP) is 5.42. The fourth-order valence-corrected chi connectivity index (χ4v) is 5.43. The summed E-state index contributed by atoms with van der Waals surface area (Å²) in [6, 6.07) is 12.0. The minimum Gasteiger partial charge on any atom is -0.484 e. The number of hydrogen-bond donors (Lipinski definition) is 1. The smallest absolute Gasteiger partial charge is 0.335 e. The second kappa shape index (κ2) is 11.1. The van der Waals surface area contributed by atoms with Crippen molar-refractivity contribution in [3.8, 4) is 5.75 Å². The van der Waals surface area contributed by atoms with E-state index in [1.165, 1.54) is 30.3 Å². The van der Waals surface area contributed by atoms with Crippen molar-refractivity contribution < 1.29 is 28.2 Å². The van der Waals surface area contributed by atoms with Gasteiger partial charge in [-0.05, 0) is 67.9 Å². The van der Waals surface area contributed by atoms with E-state index in [4.69, 9.17) is 26.1 Å². The minimum absolute atomic E-state index is 0.00609. The van der Waals surface area contributed by atoms with E-state index < -0.39 is 11.8 Å². The summed E-state index contributed by atoms with van der Waals surface area (Å²) in [7, 11) is 0. The number of carboxylic acids is 1. The molecular formula is C29H27ClF2N4O4. The van der Waals surface area contributed by atoms with E-state index in [0.717, 1.165) is 42.9 Å². The fraction of sp³-hybridized carbons (Fsp3) is 0.345. The van der Waals surface area contributed by atoms with Gasteiger partial charge in [0.15, 0.2) is 11.6 Å². The number of imidazole rings is 1. The summed E-state index contributed by atoms with van der Waals surface area (Å²) in [5, 5.41) is 9.75.